The van der Waals surface area contributed by atoms with Gasteiger partial charge in [-0.2, -0.15) is 0 Å². The molecule has 1 aliphatic rings. The number of nitrogens with zero attached hydrogens (tertiary/aromatic N) is 1. The summed E-state index contributed by atoms with van der Waals surface area (Å²) in [6, 6.07) is 13.0. The summed E-state index contributed by atoms with van der Waals surface area (Å²) in [5, 5.41) is 6.00. The van der Waals surface area contributed by atoms with Crippen molar-refractivity contribution in [3.63, 3.8) is 0 Å². The molecule has 1 heterocycles. The first-order chi connectivity index (χ1) is 14.5. The number of aryl methyl sites for hydroxylation is 1. The van der Waals surface area contributed by atoms with Gasteiger partial charge in [0.05, 0.1) is 17.7 Å². The van der Waals surface area contributed by atoms with E-state index in [0.29, 0.717) is 28.1 Å². The van der Waals surface area contributed by atoms with Crippen LogP contribution in [-0.4, -0.2) is 37.2 Å². The molecule has 2 aromatic rings. The lowest BCUT2D eigenvalue weighted by Crippen LogP contribution is -2.28. The molecule has 7 nitrogen and oxygen atoms in total. The van der Waals surface area contributed by atoms with Crippen LogP contribution in [0.3, 0.4) is 0 Å². The van der Waals surface area contributed by atoms with Crippen molar-refractivity contribution in [2.75, 3.05) is 20.3 Å². The van der Waals surface area contributed by atoms with Gasteiger partial charge in [-0.25, -0.2) is 4.99 Å². The zero-order chi connectivity index (χ0) is 21.5. The van der Waals surface area contributed by atoms with Crippen molar-refractivity contribution >= 4 is 40.5 Å². The SMILES string of the molecule is CCNC(=O)COc1ccc(/C=C2\SC(=Nc3ccccc3C)NC2=O)cc1OC. The summed E-state index contributed by atoms with van der Waals surface area (Å²) >= 11 is 1.28. The van der Waals surface area contributed by atoms with Gasteiger partial charge in [0.2, 0.25) is 0 Å². The Kier molecular flexibility index (Phi) is 7.13. The molecule has 3 rings (SSSR count). The summed E-state index contributed by atoms with van der Waals surface area (Å²) in [6.07, 6.45) is 1.76. The topological polar surface area (TPSA) is 89.0 Å². The predicted octanol–water partition coefficient (Wildman–Crippen LogP) is 3.41. The smallest absolute Gasteiger partial charge is 0.264 e. The van der Waals surface area contributed by atoms with E-state index in [2.05, 4.69) is 15.6 Å². The summed E-state index contributed by atoms with van der Waals surface area (Å²) < 4.78 is 10.9. The van der Waals surface area contributed by atoms with Gasteiger partial charge >= 0.3 is 0 Å². The molecule has 0 aliphatic carbocycles. The quantitative estimate of drug-likeness (QED) is 0.664. The summed E-state index contributed by atoms with van der Waals surface area (Å²) in [5.74, 6) is 0.523. The fraction of sp³-hybridized carbons (Fsp3) is 0.227. The average Bonchev–Trinajstić information content (AvgIpc) is 3.07. The molecule has 0 saturated carbocycles. The molecule has 30 heavy (non-hydrogen) atoms. The molecule has 0 aromatic heterocycles. The highest BCUT2D eigenvalue weighted by atomic mass is 32.2. The zero-order valence-electron chi connectivity index (χ0n) is 17.0. The minimum atomic E-state index is -0.206. The molecular formula is C22H23N3O4S. The van der Waals surface area contributed by atoms with Crippen LogP contribution in [0.15, 0.2) is 52.4 Å². The number of hydrogen-bond donors (Lipinski definition) is 2. The van der Waals surface area contributed by atoms with Gasteiger partial charge in [-0.3, -0.25) is 9.59 Å². The second-order valence-electron chi connectivity index (χ2n) is 6.42. The molecule has 1 aliphatic heterocycles. The molecule has 2 aromatic carbocycles. The van der Waals surface area contributed by atoms with Crippen LogP contribution >= 0.6 is 11.8 Å². The van der Waals surface area contributed by atoms with Crippen LogP contribution in [0.1, 0.15) is 18.1 Å². The molecule has 0 bridgehead atoms. The standard InChI is InChI=1S/C22H23N3O4S/c1-4-23-20(26)13-29-17-10-9-15(11-18(17)28-3)12-19-21(27)25-22(30-19)24-16-8-6-5-7-14(16)2/h5-12H,4,13H2,1-3H3,(H,23,26)(H,24,25,27)/b19-12-. The number of nitrogens with one attached hydrogen (secondary N) is 2. The van der Waals surface area contributed by atoms with E-state index < -0.39 is 0 Å². The minimum absolute atomic E-state index is 0.0956. The number of amides is 2. The number of amidine groups is 1. The number of carbonyl (C=O) groups is 2. The number of aliphatic imine (C=N–C) groups is 1. The van der Waals surface area contributed by atoms with E-state index in [-0.39, 0.29) is 18.4 Å². The normalized spacial score (nSPS) is 15.9. The van der Waals surface area contributed by atoms with Crippen LogP contribution in [0.5, 0.6) is 11.5 Å². The van der Waals surface area contributed by atoms with E-state index in [1.165, 1.54) is 18.9 Å². The second-order valence-corrected chi connectivity index (χ2v) is 7.45. The number of benzene rings is 2. The second kappa shape index (κ2) is 9.98. The predicted molar refractivity (Wildman–Crippen MR) is 119 cm³/mol. The van der Waals surface area contributed by atoms with Gasteiger partial charge in [-0.05, 0) is 61.0 Å². The van der Waals surface area contributed by atoms with Crippen molar-refractivity contribution < 1.29 is 19.1 Å². The maximum Gasteiger partial charge on any atom is 0.264 e. The minimum Gasteiger partial charge on any atom is -0.493 e. The third-order valence-electron chi connectivity index (χ3n) is 4.21. The van der Waals surface area contributed by atoms with Crippen LogP contribution in [0.25, 0.3) is 6.08 Å². The molecule has 156 valence electrons. The number of ether oxygens (including phenoxy) is 2. The number of carbonyl (C=O) groups excluding carboxylic acids is 2. The number of thioether (sulfide) groups is 1. The van der Waals surface area contributed by atoms with Crippen molar-refractivity contribution in [3.05, 3.63) is 58.5 Å². The number of para-hydroxylation sites is 1. The largest absolute Gasteiger partial charge is 0.493 e. The fourth-order valence-electron chi connectivity index (χ4n) is 2.71. The Balaban J connectivity index is 1.75. The number of likely N-dealkylation sites (N-methyl/N-ethyl adjacent to an activating group) is 1. The highest BCUT2D eigenvalue weighted by Gasteiger charge is 2.24. The monoisotopic (exact) mass is 425 g/mol. The highest BCUT2D eigenvalue weighted by molar-refractivity contribution is 8.18. The lowest BCUT2D eigenvalue weighted by molar-refractivity contribution is -0.123. The van der Waals surface area contributed by atoms with Crippen molar-refractivity contribution in [1.82, 2.24) is 10.6 Å². The molecule has 0 spiro atoms. The van der Waals surface area contributed by atoms with E-state index >= 15 is 0 Å². The van der Waals surface area contributed by atoms with Crippen molar-refractivity contribution in [2.45, 2.75) is 13.8 Å². The third-order valence-corrected chi connectivity index (χ3v) is 5.12. The summed E-state index contributed by atoms with van der Waals surface area (Å²) in [6.45, 7) is 4.26. The summed E-state index contributed by atoms with van der Waals surface area (Å²) in [7, 11) is 1.52. The number of methoxy groups -OCH3 is 1. The maximum absolute atomic E-state index is 12.3. The molecule has 0 radical (unpaired) electrons. The summed E-state index contributed by atoms with van der Waals surface area (Å²) in [4.78, 5) is 29.0. The molecule has 1 fully saturated rings. The Morgan fingerprint density at radius 3 is 2.77 bits per heavy atom. The molecule has 2 N–H and O–H groups in total. The van der Waals surface area contributed by atoms with Crippen LogP contribution in [0.4, 0.5) is 5.69 Å². The zero-order valence-corrected chi connectivity index (χ0v) is 17.8. The van der Waals surface area contributed by atoms with Crippen LogP contribution in [-0.2, 0) is 9.59 Å². The Hall–Kier alpha value is -3.26. The van der Waals surface area contributed by atoms with Gasteiger partial charge in [0, 0.05) is 6.54 Å². The fourth-order valence-corrected chi connectivity index (χ4v) is 3.55. The Bertz CT molecular complexity index is 1020. The molecule has 1 saturated heterocycles. The molecule has 8 heteroatoms. The van der Waals surface area contributed by atoms with Crippen LogP contribution < -0.4 is 20.1 Å². The number of hydrogen-bond acceptors (Lipinski definition) is 6. The Labute approximate surface area is 179 Å². The highest BCUT2D eigenvalue weighted by Crippen LogP contribution is 2.32. The van der Waals surface area contributed by atoms with Gasteiger partial charge < -0.3 is 20.1 Å². The third kappa shape index (κ3) is 5.42. The van der Waals surface area contributed by atoms with E-state index in [0.717, 1.165) is 16.8 Å². The first-order valence-electron chi connectivity index (χ1n) is 9.43. The number of rotatable bonds is 7. The van der Waals surface area contributed by atoms with Crippen molar-refractivity contribution in [1.29, 1.82) is 0 Å². The summed E-state index contributed by atoms with van der Waals surface area (Å²) in [5.41, 5.74) is 2.62. The van der Waals surface area contributed by atoms with Crippen molar-refractivity contribution in [3.8, 4) is 11.5 Å². The molecule has 2 amide bonds. The van der Waals surface area contributed by atoms with Gasteiger partial charge in [0.15, 0.2) is 23.3 Å². The van der Waals surface area contributed by atoms with E-state index in [1.54, 1.807) is 24.3 Å². The average molecular weight is 426 g/mol. The van der Waals surface area contributed by atoms with E-state index in [9.17, 15) is 9.59 Å². The first kappa shape index (κ1) is 21.4. The van der Waals surface area contributed by atoms with Gasteiger partial charge in [0.1, 0.15) is 0 Å². The Morgan fingerprint density at radius 2 is 2.03 bits per heavy atom. The maximum atomic E-state index is 12.3. The Morgan fingerprint density at radius 1 is 1.23 bits per heavy atom. The van der Waals surface area contributed by atoms with Crippen LogP contribution in [0.2, 0.25) is 0 Å². The van der Waals surface area contributed by atoms with Crippen molar-refractivity contribution in [2.24, 2.45) is 4.99 Å². The van der Waals surface area contributed by atoms with Crippen LogP contribution in [0, 0.1) is 6.92 Å². The molecule has 0 unspecified atom stereocenters. The van der Waals surface area contributed by atoms with E-state index in [1.807, 2.05) is 38.1 Å². The lowest BCUT2D eigenvalue weighted by atomic mass is 10.2. The van der Waals surface area contributed by atoms with Gasteiger partial charge in [0.25, 0.3) is 11.8 Å². The van der Waals surface area contributed by atoms with E-state index in [4.69, 9.17) is 9.47 Å². The molecule has 0 atom stereocenters. The van der Waals surface area contributed by atoms with Gasteiger partial charge in [-0.15, -0.1) is 0 Å². The van der Waals surface area contributed by atoms with Gasteiger partial charge in [-0.1, -0.05) is 24.3 Å². The molecular weight excluding hydrogens is 402 g/mol. The lowest BCUT2D eigenvalue weighted by Gasteiger charge is -2.11. The first-order valence-corrected chi connectivity index (χ1v) is 10.2.